The van der Waals surface area contributed by atoms with Crippen molar-refractivity contribution in [1.29, 1.82) is 0 Å². The Morgan fingerprint density at radius 2 is 1.68 bits per heavy atom. The lowest BCUT2D eigenvalue weighted by molar-refractivity contribution is -0.130. The van der Waals surface area contributed by atoms with Crippen LogP contribution in [0.1, 0.15) is 85.6 Å². The molecule has 3 saturated heterocycles. The number of anilines is 3. The standard InChI is InChI=1S/C37H58N8O2/c1-28(2)23-36(5,6)34(47)39-17-7-16-38-31-22-32(41-27-40-31)44-20-14-37(15-21-44)26-45(25-33(46)42-37)30-10-8-29(9-11-30)24-43-18-12-35(3,4)13-19-43/h8-11,22,27-28H,7,12-21,23-26H2,1-6H3,(H,39,47)(H,42,46)(H,38,40,41). The van der Waals surface area contributed by atoms with Crippen LogP contribution in [0.2, 0.25) is 0 Å². The van der Waals surface area contributed by atoms with E-state index in [1.807, 2.05) is 19.9 Å². The zero-order valence-corrected chi connectivity index (χ0v) is 29.7. The predicted octanol–water partition coefficient (Wildman–Crippen LogP) is 5.06. The van der Waals surface area contributed by atoms with E-state index in [4.69, 9.17) is 0 Å². The molecule has 3 N–H and O–H groups in total. The number of hydrogen-bond donors (Lipinski definition) is 3. The number of rotatable bonds is 12. The van der Waals surface area contributed by atoms with Crippen LogP contribution in [0.3, 0.4) is 0 Å². The minimum atomic E-state index is -0.356. The fraction of sp³-hybridized carbons (Fsp3) is 0.676. The predicted molar refractivity (Wildman–Crippen MR) is 191 cm³/mol. The summed E-state index contributed by atoms with van der Waals surface area (Å²) >= 11 is 0. The van der Waals surface area contributed by atoms with E-state index < -0.39 is 0 Å². The van der Waals surface area contributed by atoms with Crippen LogP contribution < -0.4 is 25.8 Å². The number of nitrogens with zero attached hydrogens (tertiary/aromatic N) is 5. The molecule has 0 atom stereocenters. The van der Waals surface area contributed by atoms with E-state index in [-0.39, 0.29) is 22.8 Å². The number of benzene rings is 1. The summed E-state index contributed by atoms with van der Waals surface area (Å²) in [5.74, 6) is 2.37. The number of carbonyl (C=O) groups excluding carboxylic acids is 2. The molecule has 1 aromatic carbocycles. The lowest BCUT2D eigenvalue weighted by Gasteiger charge is -2.48. The maximum Gasteiger partial charge on any atom is 0.240 e. The van der Waals surface area contributed by atoms with Gasteiger partial charge in [0.2, 0.25) is 11.8 Å². The van der Waals surface area contributed by atoms with Gasteiger partial charge in [-0.15, -0.1) is 0 Å². The van der Waals surface area contributed by atoms with Gasteiger partial charge >= 0.3 is 0 Å². The lowest BCUT2D eigenvalue weighted by atomic mass is 9.82. The Labute approximate surface area is 282 Å². The molecule has 0 saturated carbocycles. The summed E-state index contributed by atoms with van der Waals surface area (Å²) in [6.45, 7) is 20.6. The van der Waals surface area contributed by atoms with Crippen LogP contribution in [-0.4, -0.2) is 84.6 Å². The number of likely N-dealkylation sites (tertiary alicyclic amines) is 1. The number of hydrogen-bond acceptors (Lipinski definition) is 8. The molecule has 0 unspecified atom stereocenters. The molecule has 3 aliphatic rings. The monoisotopic (exact) mass is 646 g/mol. The van der Waals surface area contributed by atoms with Crippen molar-refractivity contribution < 1.29 is 9.59 Å². The molecule has 2 aromatic rings. The summed E-state index contributed by atoms with van der Waals surface area (Å²) < 4.78 is 0. The smallest absolute Gasteiger partial charge is 0.240 e. The number of nitrogens with one attached hydrogen (secondary N) is 3. The third-order valence-corrected chi connectivity index (χ3v) is 10.3. The molecule has 0 aliphatic carbocycles. The molecule has 10 nitrogen and oxygen atoms in total. The fourth-order valence-corrected chi connectivity index (χ4v) is 7.46. The van der Waals surface area contributed by atoms with Gasteiger partial charge in [-0.2, -0.15) is 0 Å². The van der Waals surface area contributed by atoms with E-state index in [9.17, 15) is 9.59 Å². The summed E-state index contributed by atoms with van der Waals surface area (Å²) in [4.78, 5) is 41.6. The zero-order valence-electron chi connectivity index (χ0n) is 29.7. The van der Waals surface area contributed by atoms with E-state index in [1.165, 1.54) is 18.4 Å². The zero-order chi connectivity index (χ0) is 33.7. The molecule has 10 heteroatoms. The lowest BCUT2D eigenvalue weighted by Crippen LogP contribution is -2.66. The Morgan fingerprint density at radius 3 is 2.36 bits per heavy atom. The molecule has 2 amide bonds. The van der Waals surface area contributed by atoms with E-state index in [0.29, 0.717) is 31.0 Å². The van der Waals surface area contributed by atoms with Gasteiger partial charge in [0, 0.05) is 56.4 Å². The number of piperazine rings is 1. The summed E-state index contributed by atoms with van der Waals surface area (Å²) in [5, 5.41) is 9.84. The Bertz CT molecular complexity index is 1340. The van der Waals surface area contributed by atoms with Crippen molar-refractivity contribution in [1.82, 2.24) is 25.5 Å². The van der Waals surface area contributed by atoms with Crippen molar-refractivity contribution in [3.05, 3.63) is 42.2 Å². The van der Waals surface area contributed by atoms with Crippen LogP contribution in [0.25, 0.3) is 0 Å². The average Bonchev–Trinajstić information content (AvgIpc) is 3.02. The first kappa shape index (κ1) is 34.9. The van der Waals surface area contributed by atoms with Crippen LogP contribution >= 0.6 is 0 Å². The first-order chi connectivity index (χ1) is 22.3. The Hall–Kier alpha value is -3.40. The summed E-state index contributed by atoms with van der Waals surface area (Å²) in [7, 11) is 0. The quantitative estimate of drug-likeness (QED) is 0.275. The van der Waals surface area contributed by atoms with Crippen molar-refractivity contribution in [2.45, 2.75) is 92.2 Å². The van der Waals surface area contributed by atoms with E-state index in [0.717, 1.165) is 82.3 Å². The minimum Gasteiger partial charge on any atom is -0.370 e. The van der Waals surface area contributed by atoms with E-state index in [1.54, 1.807) is 6.33 Å². The molecule has 1 aromatic heterocycles. The molecule has 258 valence electrons. The van der Waals surface area contributed by atoms with Gasteiger partial charge in [-0.25, -0.2) is 9.97 Å². The Balaban J connectivity index is 1.08. The van der Waals surface area contributed by atoms with Crippen LogP contribution in [0.4, 0.5) is 17.3 Å². The third-order valence-electron chi connectivity index (χ3n) is 10.3. The molecule has 0 bridgehead atoms. The SMILES string of the molecule is CC(C)CC(C)(C)C(=O)NCCCNc1cc(N2CCC3(CC2)CN(c2ccc(CN4CCC(C)(C)CC4)cc2)CC(=O)N3)ncn1. The van der Waals surface area contributed by atoms with Gasteiger partial charge in [0.1, 0.15) is 18.0 Å². The number of piperidine rings is 2. The molecular weight excluding hydrogens is 588 g/mol. The Morgan fingerprint density at radius 1 is 0.979 bits per heavy atom. The molecule has 1 spiro atoms. The molecule has 3 fully saturated rings. The second-order valence-corrected chi connectivity index (χ2v) is 16.1. The summed E-state index contributed by atoms with van der Waals surface area (Å²) in [5.41, 5.74) is 2.32. The first-order valence-corrected chi connectivity index (χ1v) is 17.8. The van der Waals surface area contributed by atoms with Gasteiger partial charge in [-0.3, -0.25) is 14.5 Å². The van der Waals surface area contributed by atoms with Gasteiger partial charge in [0.15, 0.2) is 0 Å². The highest BCUT2D eigenvalue weighted by Crippen LogP contribution is 2.33. The van der Waals surface area contributed by atoms with Crippen LogP contribution in [0, 0.1) is 16.7 Å². The fourth-order valence-electron chi connectivity index (χ4n) is 7.46. The largest absolute Gasteiger partial charge is 0.370 e. The molecule has 0 radical (unpaired) electrons. The summed E-state index contributed by atoms with van der Waals surface area (Å²) in [6.07, 6.45) is 7.51. The van der Waals surface area contributed by atoms with Gasteiger partial charge in [0.25, 0.3) is 0 Å². The topological polar surface area (TPSA) is 106 Å². The van der Waals surface area contributed by atoms with Gasteiger partial charge in [-0.1, -0.05) is 53.7 Å². The molecule has 5 rings (SSSR count). The second kappa shape index (κ2) is 14.8. The van der Waals surface area contributed by atoms with E-state index in [2.05, 4.69) is 92.6 Å². The second-order valence-electron chi connectivity index (χ2n) is 16.1. The summed E-state index contributed by atoms with van der Waals surface area (Å²) in [6, 6.07) is 10.9. The van der Waals surface area contributed by atoms with Crippen molar-refractivity contribution in [2.24, 2.45) is 16.7 Å². The van der Waals surface area contributed by atoms with Gasteiger partial charge in [0.05, 0.1) is 12.1 Å². The molecule has 3 aliphatic heterocycles. The van der Waals surface area contributed by atoms with Crippen molar-refractivity contribution >= 4 is 29.1 Å². The highest BCUT2D eigenvalue weighted by molar-refractivity contribution is 5.84. The number of carbonyl (C=O) groups is 2. The van der Waals surface area contributed by atoms with Crippen LogP contribution in [0.5, 0.6) is 0 Å². The molecule has 47 heavy (non-hydrogen) atoms. The van der Waals surface area contributed by atoms with Crippen molar-refractivity contribution in [3.8, 4) is 0 Å². The van der Waals surface area contributed by atoms with E-state index >= 15 is 0 Å². The van der Waals surface area contributed by atoms with Gasteiger partial charge < -0.3 is 25.8 Å². The van der Waals surface area contributed by atoms with Crippen LogP contribution in [0.15, 0.2) is 36.7 Å². The number of amides is 2. The van der Waals surface area contributed by atoms with Crippen molar-refractivity contribution in [2.75, 3.05) is 67.5 Å². The highest BCUT2D eigenvalue weighted by atomic mass is 16.2. The Kier molecular flexibility index (Phi) is 11.0. The molecular formula is C37H58N8O2. The third kappa shape index (κ3) is 9.58. The van der Waals surface area contributed by atoms with Gasteiger partial charge in [-0.05, 0) is 80.6 Å². The number of aromatic nitrogens is 2. The van der Waals surface area contributed by atoms with Crippen LogP contribution in [-0.2, 0) is 16.1 Å². The normalized spacial score (nSPS) is 19.9. The average molecular weight is 647 g/mol. The van der Waals surface area contributed by atoms with Crippen molar-refractivity contribution in [3.63, 3.8) is 0 Å². The maximum absolute atomic E-state index is 12.9. The first-order valence-electron chi connectivity index (χ1n) is 17.8. The molecule has 4 heterocycles. The highest BCUT2D eigenvalue weighted by Gasteiger charge is 2.41. The minimum absolute atomic E-state index is 0.0953. The maximum atomic E-state index is 12.9.